The number of halogens is 3. The van der Waals surface area contributed by atoms with E-state index in [4.69, 9.17) is 0 Å². The molecule has 1 fully saturated rings. The molecule has 6 heteroatoms. The Morgan fingerprint density at radius 2 is 1.41 bits per heavy atom. The summed E-state index contributed by atoms with van der Waals surface area (Å²) in [6.45, 7) is 5.32. The molecule has 0 saturated carbocycles. The summed E-state index contributed by atoms with van der Waals surface area (Å²) in [4.78, 5) is 3.46. The van der Waals surface area contributed by atoms with E-state index in [-0.39, 0.29) is 0 Å². The van der Waals surface area contributed by atoms with Crippen molar-refractivity contribution in [1.29, 1.82) is 0 Å². The van der Waals surface area contributed by atoms with Gasteiger partial charge in [0.1, 0.15) is 0 Å². The first-order valence-electron chi connectivity index (χ1n) is 5.90. The third-order valence-corrected chi connectivity index (χ3v) is 2.69. The number of hydrogen-bond donors (Lipinski definition) is 1. The van der Waals surface area contributed by atoms with E-state index >= 15 is 0 Å². The van der Waals surface area contributed by atoms with Crippen molar-refractivity contribution >= 4 is 0 Å². The van der Waals surface area contributed by atoms with Crippen LogP contribution in [0.4, 0.5) is 13.2 Å². The van der Waals surface area contributed by atoms with Crippen molar-refractivity contribution in [1.82, 2.24) is 9.80 Å². The Balaban J connectivity index is 2.40. The zero-order valence-electron chi connectivity index (χ0n) is 10.4. The lowest BCUT2D eigenvalue weighted by atomic mass is 10.1. The largest absolute Gasteiger partial charge is 0.401 e. The van der Waals surface area contributed by atoms with E-state index in [1.54, 1.807) is 13.8 Å². The smallest absolute Gasteiger partial charge is 0.389 e. The molecule has 3 nitrogen and oxygen atoms in total. The summed E-state index contributed by atoms with van der Waals surface area (Å²) < 4.78 is 36.7. The van der Waals surface area contributed by atoms with Gasteiger partial charge in [-0.1, -0.05) is 0 Å². The molecule has 102 valence electrons. The van der Waals surface area contributed by atoms with E-state index in [9.17, 15) is 18.3 Å². The highest BCUT2D eigenvalue weighted by Crippen LogP contribution is 2.18. The summed E-state index contributed by atoms with van der Waals surface area (Å²) in [7, 11) is 0. The van der Waals surface area contributed by atoms with Crippen molar-refractivity contribution < 1.29 is 18.3 Å². The van der Waals surface area contributed by atoms with Crippen LogP contribution in [0.1, 0.15) is 20.3 Å². The summed E-state index contributed by atoms with van der Waals surface area (Å²) in [5.41, 5.74) is -0.792. The van der Waals surface area contributed by atoms with Crippen LogP contribution in [0.25, 0.3) is 0 Å². The molecule has 0 unspecified atom stereocenters. The van der Waals surface area contributed by atoms with E-state index in [0.29, 0.717) is 32.6 Å². The number of alkyl halides is 3. The van der Waals surface area contributed by atoms with Crippen LogP contribution >= 0.6 is 0 Å². The van der Waals surface area contributed by atoms with Crippen LogP contribution in [0, 0.1) is 0 Å². The second-order valence-corrected chi connectivity index (χ2v) is 5.33. The van der Waals surface area contributed by atoms with Crippen molar-refractivity contribution in [3.8, 4) is 0 Å². The van der Waals surface area contributed by atoms with Crippen LogP contribution < -0.4 is 0 Å². The zero-order chi connectivity index (χ0) is 13.1. The van der Waals surface area contributed by atoms with Gasteiger partial charge in [-0.05, 0) is 33.4 Å². The average Bonchev–Trinajstić information content (AvgIpc) is 2.25. The molecular weight excluding hydrogens is 233 g/mol. The number of rotatable bonds is 3. The first kappa shape index (κ1) is 14.7. The fourth-order valence-electron chi connectivity index (χ4n) is 2.14. The minimum atomic E-state index is -4.12. The molecule has 1 aliphatic heterocycles. The number of nitrogens with zero attached hydrogens (tertiary/aromatic N) is 2. The van der Waals surface area contributed by atoms with Gasteiger partial charge in [-0.25, -0.2) is 0 Å². The molecule has 0 aliphatic carbocycles. The van der Waals surface area contributed by atoms with E-state index in [1.807, 2.05) is 4.90 Å². The second kappa shape index (κ2) is 5.54. The molecule has 1 N–H and O–H groups in total. The summed E-state index contributed by atoms with van der Waals surface area (Å²) in [5, 5.41) is 9.68. The Labute approximate surface area is 100 Å². The van der Waals surface area contributed by atoms with Crippen LogP contribution in [-0.4, -0.2) is 66.0 Å². The highest BCUT2D eigenvalue weighted by Gasteiger charge is 2.31. The number of β-amino-alcohol motifs (C(OH)–C–C–N with tert-alkyl or cyclic N) is 1. The lowest BCUT2D eigenvalue weighted by molar-refractivity contribution is -0.145. The van der Waals surface area contributed by atoms with Gasteiger partial charge in [0.15, 0.2) is 0 Å². The standard InChI is InChI=1S/C11H21F3N2O/c1-10(2,17)8-15-4-3-5-16(7-6-15)9-11(12,13)14/h17H,3-9H2,1-2H3. The van der Waals surface area contributed by atoms with Crippen molar-refractivity contribution in [2.75, 3.05) is 39.3 Å². The van der Waals surface area contributed by atoms with Gasteiger partial charge in [-0.3, -0.25) is 9.80 Å². The van der Waals surface area contributed by atoms with Gasteiger partial charge in [0.05, 0.1) is 12.1 Å². The predicted octanol–water partition coefficient (Wildman–Crippen LogP) is 1.33. The summed E-state index contributed by atoms with van der Waals surface area (Å²) in [6, 6.07) is 0. The van der Waals surface area contributed by atoms with Crippen molar-refractivity contribution in [2.45, 2.75) is 32.0 Å². The van der Waals surface area contributed by atoms with Crippen LogP contribution in [0.3, 0.4) is 0 Å². The first-order chi connectivity index (χ1) is 7.66. The Morgan fingerprint density at radius 1 is 0.941 bits per heavy atom. The van der Waals surface area contributed by atoms with Crippen molar-refractivity contribution in [2.24, 2.45) is 0 Å². The quantitative estimate of drug-likeness (QED) is 0.823. The van der Waals surface area contributed by atoms with Crippen molar-refractivity contribution in [3.63, 3.8) is 0 Å². The van der Waals surface area contributed by atoms with E-state index < -0.39 is 18.3 Å². The van der Waals surface area contributed by atoms with Crippen LogP contribution in [0.2, 0.25) is 0 Å². The predicted molar refractivity (Wildman–Crippen MR) is 59.8 cm³/mol. The maximum absolute atomic E-state index is 12.2. The van der Waals surface area contributed by atoms with Gasteiger partial charge in [-0.2, -0.15) is 13.2 Å². The minimum absolute atomic E-state index is 0.412. The molecule has 17 heavy (non-hydrogen) atoms. The topological polar surface area (TPSA) is 26.7 Å². The van der Waals surface area contributed by atoms with E-state index in [0.717, 1.165) is 6.54 Å². The molecule has 1 heterocycles. The lowest BCUT2D eigenvalue weighted by Gasteiger charge is -2.28. The first-order valence-corrected chi connectivity index (χ1v) is 5.90. The third-order valence-electron chi connectivity index (χ3n) is 2.69. The van der Waals surface area contributed by atoms with E-state index in [2.05, 4.69) is 0 Å². The summed E-state index contributed by atoms with van der Waals surface area (Å²) in [5.74, 6) is 0. The molecule has 0 bridgehead atoms. The molecule has 0 aromatic heterocycles. The normalized spacial score (nSPS) is 21.5. The van der Waals surface area contributed by atoms with Crippen LogP contribution in [-0.2, 0) is 0 Å². The minimum Gasteiger partial charge on any atom is -0.389 e. The van der Waals surface area contributed by atoms with Gasteiger partial charge in [-0.15, -0.1) is 0 Å². The molecule has 1 rings (SSSR count). The van der Waals surface area contributed by atoms with Crippen LogP contribution in [0.5, 0.6) is 0 Å². The Bertz CT molecular complexity index is 214. The van der Waals surface area contributed by atoms with Gasteiger partial charge >= 0.3 is 6.18 Å². The highest BCUT2D eigenvalue weighted by atomic mass is 19.4. The fraction of sp³-hybridized carbons (Fsp3) is 1.00. The SMILES string of the molecule is CC(C)(O)CN1CCCN(CC(F)(F)F)CC1. The molecule has 0 aromatic rings. The molecule has 1 aliphatic rings. The van der Waals surface area contributed by atoms with Crippen molar-refractivity contribution in [3.05, 3.63) is 0 Å². The molecular formula is C11H21F3N2O. The van der Waals surface area contributed by atoms with Crippen LogP contribution in [0.15, 0.2) is 0 Å². The molecule has 0 radical (unpaired) electrons. The van der Waals surface area contributed by atoms with Gasteiger partial charge < -0.3 is 5.11 Å². The van der Waals surface area contributed by atoms with E-state index in [1.165, 1.54) is 4.90 Å². The molecule has 0 amide bonds. The Kier molecular flexibility index (Phi) is 4.80. The third kappa shape index (κ3) is 6.85. The van der Waals surface area contributed by atoms with Gasteiger partial charge in [0.2, 0.25) is 0 Å². The van der Waals surface area contributed by atoms with Gasteiger partial charge in [0.25, 0.3) is 0 Å². The molecule has 0 atom stereocenters. The lowest BCUT2D eigenvalue weighted by Crippen LogP contribution is -2.41. The molecule has 0 spiro atoms. The zero-order valence-corrected chi connectivity index (χ0v) is 10.4. The molecule has 0 aromatic carbocycles. The number of hydrogen-bond acceptors (Lipinski definition) is 3. The molecule has 1 saturated heterocycles. The summed E-state index contributed by atoms with van der Waals surface area (Å²) in [6.07, 6.45) is -3.41. The monoisotopic (exact) mass is 254 g/mol. The Morgan fingerprint density at radius 3 is 1.82 bits per heavy atom. The highest BCUT2D eigenvalue weighted by molar-refractivity contribution is 4.77. The number of aliphatic hydroxyl groups is 1. The maximum atomic E-state index is 12.2. The Hall–Kier alpha value is -0.330. The maximum Gasteiger partial charge on any atom is 0.401 e. The second-order valence-electron chi connectivity index (χ2n) is 5.33. The van der Waals surface area contributed by atoms with Gasteiger partial charge in [0, 0.05) is 19.6 Å². The summed E-state index contributed by atoms with van der Waals surface area (Å²) >= 11 is 0. The fourth-order valence-corrected chi connectivity index (χ4v) is 2.14. The average molecular weight is 254 g/mol.